The molecule has 0 aromatic heterocycles. The molecular weight excluding hydrogens is 348 g/mol. The van der Waals surface area contributed by atoms with Crippen LogP contribution in [-0.2, 0) is 9.59 Å². The summed E-state index contributed by atoms with van der Waals surface area (Å²) < 4.78 is 5.54. The number of nitrogens with zero attached hydrogens (tertiary/aromatic N) is 2. The molecule has 0 spiro atoms. The highest BCUT2D eigenvalue weighted by molar-refractivity contribution is 6.07. The van der Waals surface area contributed by atoms with E-state index < -0.39 is 12.1 Å². The van der Waals surface area contributed by atoms with Crippen LogP contribution in [-0.4, -0.2) is 42.1 Å². The summed E-state index contributed by atoms with van der Waals surface area (Å²) >= 11 is 0. The Kier molecular flexibility index (Phi) is 5.12. The van der Waals surface area contributed by atoms with Gasteiger partial charge in [-0.1, -0.05) is 18.2 Å². The number of hydrogen-bond acceptors (Lipinski definition) is 4. The maximum Gasteiger partial charge on any atom is 0.335 e. The minimum Gasteiger partial charge on any atom is -0.479 e. The SMILES string of the molecule is CCN(C(=O)CN1C(=O)C(C)Oc2cc(C(=O)O)ccc21)c1ccccc1. The number of aromatic carboxylic acids is 1. The summed E-state index contributed by atoms with van der Waals surface area (Å²) in [7, 11) is 0. The van der Waals surface area contributed by atoms with Crippen LogP contribution < -0.4 is 14.5 Å². The third-order valence-electron chi connectivity index (χ3n) is 4.39. The number of carbonyl (C=O) groups excluding carboxylic acids is 2. The number of fused-ring (bicyclic) bond motifs is 1. The van der Waals surface area contributed by atoms with E-state index in [1.54, 1.807) is 11.8 Å². The Morgan fingerprint density at radius 1 is 1.19 bits per heavy atom. The first kappa shape index (κ1) is 18.4. The van der Waals surface area contributed by atoms with Gasteiger partial charge < -0.3 is 14.7 Å². The van der Waals surface area contributed by atoms with E-state index in [1.165, 1.54) is 23.1 Å². The lowest BCUT2D eigenvalue weighted by Gasteiger charge is -2.34. The van der Waals surface area contributed by atoms with Crippen LogP contribution in [0, 0.1) is 0 Å². The van der Waals surface area contributed by atoms with Crippen molar-refractivity contribution < 1.29 is 24.2 Å². The normalized spacial score (nSPS) is 15.7. The molecule has 1 aliphatic heterocycles. The molecule has 2 aromatic rings. The largest absolute Gasteiger partial charge is 0.479 e. The fourth-order valence-electron chi connectivity index (χ4n) is 3.04. The number of amides is 2. The molecule has 0 aliphatic carbocycles. The maximum atomic E-state index is 12.9. The molecule has 140 valence electrons. The molecule has 0 saturated heterocycles. The van der Waals surface area contributed by atoms with Crippen LogP contribution in [0.15, 0.2) is 48.5 Å². The van der Waals surface area contributed by atoms with Crippen LogP contribution in [0.2, 0.25) is 0 Å². The van der Waals surface area contributed by atoms with Crippen molar-refractivity contribution in [3.05, 3.63) is 54.1 Å². The zero-order chi connectivity index (χ0) is 19.6. The van der Waals surface area contributed by atoms with Crippen molar-refractivity contribution in [1.82, 2.24) is 0 Å². The van der Waals surface area contributed by atoms with Crippen LogP contribution in [0.4, 0.5) is 11.4 Å². The lowest BCUT2D eigenvalue weighted by Crippen LogP contribution is -2.49. The number of anilines is 2. The molecule has 1 N–H and O–H groups in total. The molecule has 1 unspecified atom stereocenters. The fraction of sp³-hybridized carbons (Fsp3) is 0.250. The summed E-state index contributed by atoms with van der Waals surface area (Å²) in [5, 5.41) is 9.15. The number of carboxylic acid groups (broad SMARTS) is 1. The molecule has 3 rings (SSSR count). The molecule has 1 aliphatic rings. The van der Waals surface area contributed by atoms with E-state index in [2.05, 4.69) is 0 Å². The van der Waals surface area contributed by atoms with Crippen molar-refractivity contribution in [2.24, 2.45) is 0 Å². The van der Waals surface area contributed by atoms with Crippen LogP contribution in [0.5, 0.6) is 5.75 Å². The molecule has 1 heterocycles. The monoisotopic (exact) mass is 368 g/mol. The number of carboxylic acids is 1. The van der Waals surface area contributed by atoms with Crippen molar-refractivity contribution in [2.75, 3.05) is 22.9 Å². The van der Waals surface area contributed by atoms with Gasteiger partial charge in [-0.15, -0.1) is 0 Å². The van der Waals surface area contributed by atoms with Gasteiger partial charge >= 0.3 is 5.97 Å². The summed E-state index contributed by atoms with van der Waals surface area (Å²) in [5.41, 5.74) is 1.20. The Hall–Kier alpha value is -3.35. The molecule has 27 heavy (non-hydrogen) atoms. The predicted octanol–water partition coefficient (Wildman–Crippen LogP) is 2.55. The lowest BCUT2D eigenvalue weighted by molar-refractivity contribution is -0.127. The lowest BCUT2D eigenvalue weighted by atomic mass is 10.1. The Morgan fingerprint density at radius 2 is 1.89 bits per heavy atom. The van der Waals surface area contributed by atoms with Crippen molar-refractivity contribution in [1.29, 1.82) is 0 Å². The van der Waals surface area contributed by atoms with Gasteiger partial charge in [0, 0.05) is 12.2 Å². The molecule has 7 heteroatoms. The van der Waals surface area contributed by atoms with Crippen LogP contribution in [0.25, 0.3) is 0 Å². The second-order valence-electron chi connectivity index (χ2n) is 6.15. The van der Waals surface area contributed by atoms with E-state index in [0.29, 0.717) is 12.2 Å². The number of para-hydroxylation sites is 1. The Bertz CT molecular complexity index is 881. The average Bonchev–Trinajstić information content (AvgIpc) is 2.66. The van der Waals surface area contributed by atoms with Gasteiger partial charge in [0.1, 0.15) is 12.3 Å². The zero-order valence-corrected chi connectivity index (χ0v) is 15.1. The molecule has 2 amide bonds. The van der Waals surface area contributed by atoms with E-state index in [-0.39, 0.29) is 29.7 Å². The first-order valence-corrected chi connectivity index (χ1v) is 8.63. The molecule has 1 atom stereocenters. The number of rotatable bonds is 5. The van der Waals surface area contributed by atoms with E-state index in [9.17, 15) is 14.4 Å². The molecule has 0 bridgehead atoms. The third kappa shape index (κ3) is 3.62. The average molecular weight is 368 g/mol. The zero-order valence-electron chi connectivity index (χ0n) is 15.1. The molecule has 7 nitrogen and oxygen atoms in total. The first-order valence-electron chi connectivity index (χ1n) is 8.63. The van der Waals surface area contributed by atoms with Crippen molar-refractivity contribution in [2.45, 2.75) is 20.0 Å². The van der Waals surface area contributed by atoms with E-state index in [1.807, 2.05) is 37.3 Å². The van der Waals surface area contributed by atoms with Crippen LogP contribution in [0.1, 0.15) is 24.2 Å². The number of hydrogen-bond donors (Lipinski definition) is 1. The Morgan fingerprint density at radius 3 is 2.52 bits per heavy atom. The molecule has 0 fully saturated rings. The number of likely N-dealkylation sites (N-methyl/N-ethyl adjacent to an activating group) is 1. The summed E-state index contributed by atoms with van der Waals surface area (Å²) in [6, 6.07) is 13.5. The minimum atomic E-state index is -1.09. The fourth-order valence-corrected chi connectivity index (χ4v) is 3.04. The van der Waals surface area contributed by atoms with Crippen molar-refractivity contribution in [3.8, 4) is 5.75 Å². The molecule has 0 radical (unpaired) electrons. The molecule has 2 aromatic carbocycles. The highest BCUT2D eigenvalue weighted by atomic mass is 16.5. The Balaban J connectivity index is 1.90. The van der Waals surface area contributed by atoms with Gasteiger partial charge in [0.25, 0.3) is 5.91 Å². The second-order valence-corrected chi connectivity index (χ2v) is 6.15. The highest BCUT2D eigenvalue weighted by Crippen LogP contribution is 2.35. The van der Waals surface area contributed by atoms with Gasteiger partial charge in [-0.2, -0.15) is 0 Å². The van der Waals surface area contributed by atoms with Gasteiger partial charge in [0.15, 0.2) is 6.10 Å². The predicted molar refractivity (Wildman–Crippen MR) is 100 cm³/mol. The summed E-state index contributed by atoms with van der Waals surface area (Å²) in [6.07, 6.45) is -0.804. The van der Waals surface area contributed by atoms with Gasteiger partial charge in [-0.05, 0) is 44.2 Å². The first-order chi connectivity index (χ1) is 12.9. The summed E-state index contributed by atoms with van der Waals surface area (Å²) in [4.78, 5) is 39.6. The smallest absolute Gasteiger partial charge is 0.335 e. The number of ether oxygens (including phenoxy) is 1. The number of carbonyl (C=O) groups is 3. The molecular formula is C20H20N2O5. The van der Waals surface area contributed by atoms with E-state index in [0.717, 1.165) is 5.69 Å². The van der Waals surface area contributed by atoms with Crippen LogP contribution in [0.3, 0.4) is 0 Å². The van der Waals surface area contributed by atoms with Gasteiger partial charge in [-0.25, -0.2) is 4.79 Å². The van der Waals surface area contributed by atoms with Crippen molar-refractivity contribution in [3.63, 3.8) is 0 Å². The number of benzene rings is 2. The topological polar surface area (TPSA) is 87.2 Å². The maximum absolute atomic E-state index is 12.9. The van der Waals surface area contributed by atoms with Crippen molar-refractivity contribution >= 4 is 29.2 Å². The van der Waals surface area contributed by atoms with E-state index in [4.69, 9.17) is 9.84 Å². The highest BCUT2D eigenvalue weighted by Gasteiger charge is 2.34. The van der Waals surface area contributed by atoms with E-state index >= 15 is 0 Å². The minimum absolute atomic E-state index is 0.0565. The molecule has 0 saturated carbocycles. The summed E-state index contributed by atoms with van der Waals surface area (Å²) in [5.74, 6) is -1.39. The van der Waals surface area contributed by atoms with Gasteiger partial charge in [0.2, 0.25) is 5.91 Å². The quantitative estimate of drug-likeness (QED) is 0.876. The Labute approximate surface area is 156 Å². The summed E-state index contributed by atoms with van der Waals surface area (Å²) in [6.45, 7) is 3.74. The standard InChI is InChI=1S/C20H20N2O5/c1-3-21(15-7-5-4-6-8-15)18(23)12-22-16-10-9-14(20(25)26)11-17(16)27-13(2)19(22)24/h4-11,13H,3,12H2,1-2H3,(H,25,26). The van der Waals surface area contributed by atoms with Gasteiger partial charge in [0.05, 0.1) is 11.3 Å². The second kappa shape index (κ2) is 7.49. The van der Waals surface area contributed by atoms with Gasteiger partial charge in [-0.3, -0.25) is 14.5 Å². The third-order valence-corrected chi connectivity index (χ3v) is 4.39. The van der Waals surface area contributed by atoms with Crippen LogP contribution >= 0.6 is 0 Å².